The summed E-state index contributed by atoms with van der Waals surface area (Å²) < 4.78 is 19.2. The van der Waals surface area contributed by atoms with E-state index in [9.17, 15) is 24.0 Å². The Kier molecular flexibility index (Phi) is 9.29. The lowest BCUT2D eigenvalue weighted by atomic mass is 9.94. The van der Waals surface area contributed by atoms with Crippen molar-refractivity contribution in [1.82, 2.24) is 0 Å². The average molecular weight is 346 g/mol. The van der Waals surface area contributed by atoms with Gasteiger partial charge in [0.05, 0.1) is 32.7 Å². The number of ketones is 1. The lowest BCUT2D eigenvalue weighted by molar-refractivity contribution is -0.191. The zero-order chi connectivity index (χ0) is 18.8. The van der Waals surface area contributed by atoms with Gasteiger partial charge in [-0.1, -0.05) is 0 Å². The molecule has 0 unspecified atom stereocenters. The SMILES string of the molecule is CCOC(=O)CC(CC(=O)OCC)(OC(=O)C(C)=O)C(=O)OCC. The number of rotatable bonds is 10. The first-order valence-electron chi connectivity index (χ1n) is 7.44. The third-order valence-electron chi connectivity index (χ3n) is 2.69. The van der Waals surface area contributed by atoms with E-state index in [4.69, 9.17) is 18.9 Å². The van der Waals surface area contributed by atoms with Gasteiger partial charge in [0.2, 0.25) is 11.4 Å². The molecule has 0 aliphatic rings. The number of Topliss-reactive ketones (excluding diaryl/α,β-unsaturated/α-hetero) is 1. The molecule has 0 radical (unpaired) electrons. The molecule has 24 heavy (non-hydrogen) atoms. The summed E-state index contributed by atoms with van der Waals surface area (Å²) in [5.74, 6) is -5.31. The van der Waals surface area contributed by atoms with Gasteiger partial charge in [-0.25, -0.2) is 9.59 Å². The van der Waals surface area contributed by atoms with Gasteiger partial charge in [-0.2, -0.15) is 0 Å². The minimum atomic E-state index is -2.32. The Labute approximate surface area is 139 Å². The van der Waals surface area contributed by atoms with Crippen molar-refractivity contribution in [3.05, 3.63) is 0 Å². The van der Waals surface area contributed by atoms with Crippen molar-refractivity contribution in [2.75, 3.05) is 19.8 Å². The first-order valence-corrected chi connectivity index (χ1v) is 7.44. The molecule has 0 aliphatic heterocycles. The molecular formula is C15H22O9. The number of carbonyl (C=O) groups excluding carboxylic acids is 5. The van der Waals surface area contributed by atoms with Crippen LogP contribution in [0, 0.1) is 0 Å². The fourth-order valence-corrected chi connectivity index (χ4v) is 1.72. The lowest BCUT2D eigenvalue weighted by Gasteiger charge is -2.29. The fourth-order valence-electron chi connectivity index (χ4n) is 1.72. The zero-order valence-corrected chi connectivity index (χ0v) is 14.2. The number of hydrogen-bond donors (Lipinski definition) is 0. The van der Waals surface area contributed by atoms with Crippen molar-refractivity contribution in [2.24, 2.45) is 0 Å². The quantitative estimate of drug-likeness (QED) is 0.313. The van der Waals surface area contributed by atoms with Gasteiger partial charge in [0.25, 0.3) is 0 Å². The molecule has 0 rings (SSSR count). The third kappa shape index (κ3) is 6.76. The van der Waals surface area contributed by atoms with E-state index in [-0.39, 0.29) is 19.8 Å². The van der Waals surface area contributed by atoms with Crippen LogP contribution >= 0.6 is 0 Å². The molecule has 0 amide bonds. The van der Waals surface area contributed by atoms with Gasteiger partial charge in [-0.05, 0) is 20.8 Å². The first-order chi connectivity index (χ1) is 11.2. The molecule has 0 atom stereocenters. The number of ether oxygens (including phenoxy) is 4. The van der Waals surface area contributed by atoms with Crippen LogP contribution in [0.25, 0.3) is 0 Å². The van der Waals surface area contributed by atoms with Gasteiger partial charge in [-0.15, -0.1) is 0 Å². The van der Waals surface area contributed by atoms with Crippen molar-refractivity contribution >= 4 is 29.7 Å². The van der Waals surface area contributed by atoms with Crippen LogP contribution in [0.3, 0.4) is 0 Å². The Balaban J connectivity index is 5.73. The van der Waals surface area contributed by atoms with Crippen LogP contribution in [-0.4, -0.2) is 55.1 Å². The van der Waals surface area contributed by atoms with E-state index < -0.39 is 48.1 Å². The van der Waals surface area contributed by atoms with Crippen molar-refractivity contribution in [2.45, 2.75) is 46.1 Å². The summed E-state index contributed by atoms with van der Waals surface area (Å²) in [6.07, 6.45) is -1.56. The van der Waals surface area contributed by atoms with Gasteiger partial charge in [0.15, 0.2) is 0 Å². The Morgan fingerprint density at radius 2 is 1.17 bits per heavy atom. The minimum Gasteiger partial charge on any atom is -0.466 e. The zero-order valence-electron chi connectivity index (χ0n) is 14.2. The van der Waals surface area contributed by atoms with Crippen molar-refractivity contribution in [3.63, 3.8) is 0 Å². The molecule has 9 heteroatoms. The van der Waals surface area contributed by atoms with E-state index in [0.717, 1.165) is 6.92 Å². The molecule has 9 nitrogen and oxygen atoms in total. The highest BCUT2D eigenvalue weighted by molar-refractivity contribution is 6.33. The average Bonchev–Trinajstić information content (AvgIpc) is 2.47. The van der Waals surface area contributed by atoms with Crippen LogP contribution in [0.4, 0.5) is 0 Å². The van der Waals surface area contributed by atoms with E-state index in [0.29, 0.717) is 0 Å². The second kappa shape index (κ2) is 10.3. The predicted molar refractivity (Wildman–Crippen MR) is 78.6 cm³/mol. The van der Waals surface area contributed by atoms with Crippen LogP contribution in [0.1, 0.15) is 40.5 Å². The Hall–Kier alpha value is -2.45. The number of carbonyl (C=O) groups is 5. The monoisotopic (exact) mass is 346 g/mol. The van der Waals surface area contributed by atoms with E-state index in [1.165, 1.54) is 20.8 Å². The summed E-state index contributed by atoms with van der Waals surface area (Å²) in [5.41, 5.74) is -2.32. The summed E-state index contributed by atoms with van der Waals surface area (Å²) >= 11 is 0. The molecule has 0 aromatic rings. The van der Waals surface area contributed by atoms with Crippen molar-refractivity contribution in [1.29, 1.82) is 0 Å². The van der Waals surface area contributed by atoms with Crippen LogP contribution in [0.15, 0.2) is 0 Å². The fraction of sp³-hybridized carbons (Fsp3) is 0.667. The van der Waals surface area contributed by atoms with Crippen LogP contribution in [-0.2, 0) is 42.9 Å². The molecule has 0 saturated carbocycles. The third-order valence-corrected chi connectivity index (χ3v) is 2.69. The first kappa shape index (κ1) is 21.6. The summed E-state index contributed by atoms with van der Waals surface area (Å²) in [5, 5.41) is 0. The van der Waals surface area contributed by atoms with Gasteiger partial charge in [-0.3, -0.25) is 14.4 Å². The molecule has 0 fully saturated rings. The normalized spacial score (nSPS) is 10.5. The Bertz CT molecular complexity index is 475. The van der Waals surface area contributed by atoms with Crippen LogP contribution in [0.2, 0.25) is 0 Å². The number of hydrogen-bond acceptors (Lipinski definition) is 9. The summed E-state index contributed by atoms with van der Waals surface area (Å²) in [4.78, 5) is 58.7. The molecule has 0 aliphatic carbocycles. The maximum Gasteiger partial charge on any atom is 0.375 e. The topological polar surface area (TPSA) is 122 Å². The molecule has 0 aromatic heterocycles. The van der Waals surface area contributed by atoms with Gasteiger partial charge < -0.3 is 18.9 Å². The van der Waals surface area contributed by atoms with Crippen LogP contribution in [0.5, 0.6) is 0 Å². The molecule has 0 saturated heterocycles. The molecule has 136 valence electrons. The van der Waals surface area contributed by atoms with Crippen molar-refractivity contribution in [3.8, 4) is 0 Å². The molecular weight excluding hydrogens is 324 g/mol. The van der Waals surface area contributed by atoms with Crippen LogP contribution < -0.4 is 0 Å². The van der Waals surface area contributed by atoms with Gasteiger partial charge in [0.1, 0.15) is 0 Å². The van der Waals surface area contributed by atoms with E-state index in [1.54, 1.807) is 0 Å². The van der Waals surface area contributed by atoms with Gasteiger partial charge >= 0.3 is 23.9 Å². The second-order valence-corrected chi connectivity index (χ2v) is 4.62. The molecule has 0 aromatic carbocycles. The smallest absolute Gasteiger partial charge is 0.375 e. The Morgan fingerprint density at radius 1 is 0.750 bits per heavy atom. The lowest BCUT2D eigenvalue weighted by Crippen LogP contribution is -2.49. The van der Waals surface area contributed by atoms with Gasteiger partial charge in [0, 0.05) is 6.92 Å². The highest BCUT2D eigenvalue weighted by Crippen LogP contribution is 2.25. The highest BCUT2D eigenvalue weighted by Gasteiger charge is 2.49. The largest absolute Gasteiger partial charge is 0.466 e. The maximum absolute atomic E-state index is 12.3. The Morgan fingerprint density at radius 3 is 1.50 bits per heavy atom. The standard InChI is InChI=1S/C15H22O9/c1-5-21-11(17)8-15(14(20)23-7-3,9-12(18)22-6-2)24-13(19)10(4)16/h5-9H2,1-4H3. The highest BCUT2D eigenvalue weighted by atomic mass is 16.6. The number of esters is 4. The predicted octanol–water partition coefficient (Wildman–Crippen LogP) is 0.327. The molecule has 0 bridgehead atoms. The molecule has 0 N–H and O–H groups in total. The van der Waals surface area contributed by atoms with E-state index in [1.807, 2.05) is 0 Å². The summed E-state index contributed by atoms with van der Waals surface area (Å²) in [6.45, 7) is 5.42. The van der Waals surface area contributed by atoms with E-state index in [2.05, 4.69) is 0 Å². The maximum atomic E-state index is 12.3. The van der Waals surface area contributed by atoms with Crippen molar-refractivity contribution < 1.29 is 42.9 Å². The second-order valence-electron chi connectivity index (χ2n) is 4.62. The van der Waals surface area contributed by atoms with E-state index >= 15 is 0 Å². The molecule has 0 spiro atoms. The summed E-state index contributed by atoms with van der Waals surface area (Å²) in [6, 6.07) is 0. The minimum absolute atomic E-state index is 0.0117. The molecule has 0 heterocycles. The summed E-state index contributed by atoms with van der Waals surface area (Å²) in [7, 11) is 0.